The predicted molar refractivity (Wildman–Crippen MR) is 68.9 cm³/mol. The minimum absolute atomic E-state index is 0.229. The Labute approximate surface area is 103 Å². The molecule has 17 heavy (non-hydrogen) atoms. The number of benzene rings is 1. The lowest BCUT2D eigenvalue weighted by Gasteiger charge is -2.04. The molecule has 0 bridgehead atoms. The van der Waals surface area contributed by atoms with Gasteiger partial charge in [0, 0.05) is 0 Å². The van der Waals surface area contributed by atoms with Gasteiger partial charge in [0.05, 0.1) is 12.2 Å². The maximum atomic E-state index is 11.5. The maximum absolute atomic E-state index is 11.5. The van der Waals surface area contributed by atoms with Gasteiger partial charge < -0.3 is 10.5 Å². The van der Waals surface area contributed by atoms with Gasteiger partial charge in [0.25, 0.3) is 0 Å². The van der Waals surface area contributed by atoms with Gasteiger partial charge in [-0.1, -0.05) is 37.5 Å². The van der Waals surface area contributed by atoms with Crippen LogP contribution < -0.4 is 5.73 Å². The molecule has 3 heteroatoms. The Morgan fingerprint density at radius 1 is 1.00 bits per heavy atom. The number of hydrogen-bond acceptors (Lipinski definition) is 3. The quantitative estimate of drug-likeness (QED) is 0.557. The Kier molecular flexibility index (Phi) is 7.07. The second kappa shape index (κ2) is 8.76. The average molecular weight is 235 g/mol. The molecule has 0 atom stereocenters. The molecule has 0 aromatic heterocycles. The van der Waals surface area contributed by atoms with Crippen LogP contribution in [0, 0.1) is 0 Å². The molecule has 0 unspecified atom stereocenters. The van der Waals surface area contributed by atoms with E-state index in [9.17, 15) is 4.79 Å². The van der Waals surface area contributed by atoms with E-state index >= 15 is 0 Å². The predicted octanol–water partition coefficient (Wildman–Crippen LogP) is 2.75. The number of esters is 1. The van der Waals surface area contributed by atoms with E-state index in [2.05, 4.69) is 0 Å². The lowest BCUT2D eigenvalue weighted by atomic mass is 10.1. The third-order valence-corrected chi connectivity index (χ3v) is 2.59. The summed E-state index contributed by atoms with van der Waals surface area (Å²) in [5.74, 6) is -0.229. The smallest absolute Gasteiger partial charge is 0.338 e. The van der Waals surface area contributed by atoms with Crippen LogP contribution in [0.1, 0.15) is 42.5 Å². The second-order valence-electron chi connectivity index (χ2n) is 4.06. The summed E-state index contributed by atoms with van der Waals surface area (Å²) in [6.07, 6.45) is 5.46. The lowest BCUT2D eigenvalue weighted by Crippen LogP contribution is -2.06. The fraction of sp³-hybridized carbons (Fsp3) is 0.500. The lowest BCUT2D eigenvalue weighted by molar-refractivity contribution is 0.0497. The van der Waals surface area contributed by atoms with E-state index in [1.165, 1.54) is 12.8 Å². The van der Waals surface area contributed by atoms with Gasteiger partial charge in [0.2, 0.25) is 0 Å². The number of carbonyl (C=O) groups is 1. The average Bonchev–Trinajstić information content (AvgIpc) is 2.38. The zero-order chi connectivity index (χ0) is 12.3. The highest BCUT2D eigenvalue weighted by Gasteiger charge is 2.04. The molecule has 0 saturated heterocycles. The normalized spacial score (nSPS) is 10.2. The van der Waals surface area contributed by atoms with Crippen molar-refractivity contribution in [1.82, 2.24) is 0 Å². The van der Waals surface area contributed by atoms with Crippen LogP contribution in [-0.4, -0.2) is 19.1 Å². The van der Waals surface area contributed by atoms with Crippen molar-refractivity contribution in [1.29, 1.82) is 0 Å². The van der Waals surface area contributed by atoms with Gasteiger partial charge in [-0.05, 0) is 31.5 Å². The molecule has 0 aliphatic rings. The molecule has 0 amide bonds. The van der Waals surface area contributed by atoms with Crippen LogP contribution in [0.25, 0.3) is 0 Å². The Bertz CT molecular complexity index is 311. The molecule has 0 radical (unpaired) electrons. The van der Waals surface area contributed by atoms with Crippen molar-refractivity contribution < 1.29 is 9.53 Å². The first-order valence-electron chi connectivity index (χ1n) is 6.27. The van der Waals surface area contributed by atoms with Gasteiger partial charge in [0.1, 0.15) is 0 Å². The van der Waals surface area contributed by atoms with Crippen molar-refractivity contribution in [2.45, 2.75) is 32.1 Å². The summed E-state index contributed by atoms with van der Waals surface area (Å²) in [6, 6.07) is 9.09. The van der Waals surface area contributed by atoms with Gasteiger partial charge in [-0.3, -0.25) is 0 Å². The topological polar surface area (TPSA) is 52.3 Å². The second-order valence-corrected chi connectivity index (χ2v) is 4.06. The van der Waals surface area contributed by atoms with Gasteiger partial charge in [-0.2, -0.15) is 0 Å². The molecule has 2 N–H and O–H groups in total. The van der Waals surface area contributed by atoms with Gasteiger partial charge in [-0.15, -0.1) is 0 Å². The molecular weight excluding hydrogens is 214 g/mol. The molecule has 0 aliphatic carbocycles. The number of unbranched alkanes of at least 4 members (excludes halogenated alkanes) is 4. The fourth-order valence-electron chi connectivity index (χ4n) is 1.60. The van der Waals surface area contributed by atoms with Crippen molar-refractivity contribution in [3.8, 4) is 0 Å². The molecule has 1 aromatic rings. The molecular formula is C14H21NO2. The van der Waals surface area contributed by atoms with E-state index in [1.54, 1.807) is 12.1 Å². The highest BCUT2D eigenvalue weighted by Crippen LogP contribution is 2.05. The number of ether oxygens (including phenoxy) is 1. The van der Waals surface area contributed by atoms with Gasteiger partial charge in [0.15, 0.2) is 0 Å². The Hall–Kier alpha value is -1.35. The summed E-state index contributed by atoms with van der Waals surface area (Å²) < 4.78 is 5.17. The van der Waals surface area contributed by atoms with Crippen LogP contribution in [0.15, 0.2) is 30.3 Å². The van der Waals surface area contributed by atoms with Gasteiger partial charge in [-0.25, -0.2) is 4.79 Å². The summed E-state index contributed by atoms with van der Waals surface area (Å²) in [6.45, 7) is 1.28. The van der Waals surface area contributed by atoms with Crippen molar-refractivity contribution in [2.75, 3.05) is 13.2 Å². The monoisotopic (exact) mass is 235 g/mol. The largest absolute Gasteiger partial charge is 0.462 e. The van der Waals surface area contributed by atoms with Crippen LogP contribution in [0.4, 0.5) is 0 Å². The molecule has 94 valence electrons. The molecule has 0 saturated carbocycles. The molecule has 1 rings (SSSR count). The summed E-state index contributed by atoms with van der Waals surface area (Å²) >= 11 is 0. The standard InChI is InChI=1S/C14H21NO2/c15-11-7-2-1-3-8-12-17-14(16)13-9-5-4-6-10-13/h4-6,9-10H,1-3,7-8,11-12,15H2. The summed E-state index contributed by atoms with van der Waals surface area (Å²) in [7, 11) is 0. The Morgan fingerprint density at radius 3 is 2.35 bits per heavy atom. The molecule has 0 aliphatic heterocycles. The minimum Gasteiger partial charge on any atom is -0.462 e. The first-order chi connectivity index (χ1) is 8.34. The van der Waals surface area contributed by atoms with Gasteiger partial charge >= 0.3 is 5.97 Å². The van der Waals surface area contributed by atoms with Crippen LogP contribution >= 0.6 is 0 Å². The zero-order valence-corrected chi connectivity index (χ0v) is 10.2. The highest BCUT2D eigenvalue weighted by molar-refractivity contribution is 5.89. The third kappa shape index (κ3) is 6.07. The number of hydrogen-bond donors (Lipinski definition) is 1. The van der Waals surface area contributed by atoms with E-state index in [0.29, 0.717) is 12.2 Å². The molecule has 3 nitrogen and oxygen atoms in total. The fourth-order valence-corrected chi connectivity index (χ4v) is 1.60. The highest BCUT2D eigenvalue weighted by atomic mass is 16.5. The van der Waals surface area contributed by atoms with Crippen LogP contribution in [0.5, 0.6) is 0 Å². The summed E-state index contributed by atoms with van der Waals surface area (Å²) in [5.41, 5.74) is 6.03. The van der Waals surface area contributed by atoms with E-state index < -0.39 is 0 Å². The molecule has 1 aromatic carbocycles. The Morgan fingerprint density at radius 2 is 1.65 bits per heavy atom. The molecule has 0 fully saturated rings. The zero-order valence-electron chi connectivity index (χ0n) is 10.2. The van der Waals surface area contributed by atoms with E-state index in [0.717, 1.165) is 25.8 Å². The van der Waals surface area contributed by atoms with Crippen molar-refractivity contribution in [2.24, 2.45) is 5.73 Å². The SMILES string of the molecule is NCCCCCCCOC(=O)c1ccccc1. The van der Waals surface area contributed by atoms with Crippen molar-refractivity contribution in [3.63, 3.8) is 0 Å². The van der Waals surface area contributed by atoms with E-state index in [-0.39, 0.29) is 5.97 Å². The van der Waals surface area contributed by atoms with E-state index in [4.69, 9.17) is 10.5 Å². The summed E-state index contributed by atoms with van der Waals surface area (Å²) in [4.78, 5) is 11.5. The maximum Gasteiger partial charge on any atom is 0.338 e. The number of nitrogens with two attached hydrogens (primary N) is 1. The summed E-state index contributed by atoms with van der Waals surface area (Å²) in [5, 5.41) is 0. The minimum atomic E-state index is -0.229. The third-order valence-electron chi connectivity index (χ3n) is 2.59. The first kappa shape index (κ1) is 13.7. The van der Waals surface area contributed by atoms with Crippen LogP contribution in [0.3, 0.4) is 0 Å². The van der Waals surface area contributed by atoms with Crippen LogP contribution in [0.2, 0.25) is 0 Å². The van der Waals surface area contributed by atoms with Crippen LogP contribution in [-0.2, 0) is 4.74 Å². The number of rotatable bonds is 8. The molecule has 0 heterocycles. The Balaban J connectivity index is 2.05. The molecule has 0 spiro atoms. The van der Waals surface area contributed by atoms with Crippen molar-refractivity contribution >= 4 is 5.97 Å². The van der Waals surface area contributed by atoms with Crippen molar-refractivity contribution in [3.05, 3.63) is 35.9 Å². The van der Waals surface area contributed by atoms with E-state index in [1.807, 2.05) is 18.2 Å². The number of carbonyl (C=O) groups excluding carboxylic acids is 1. The first-order valence-corrected chi connectivity index (χ1v) is 6.27.